The number of hydrogen-bond acceptors (Lipinski definition) is 5. The van der Waals surface area contributed by atoms with Gasteiger partial charge in [0.2, 0.25) is 0 Å². The van der Waals surface area contributed by atoms with Crippen molar-refractivity contribution in [3.63, 3.8) is 0 Å². The number of nitrogens with zero attached hydrogens (tertiary/aromatic N) is 2. The van der Waals surface area contributed by atoms with Crippen molar-refractivity contribution >= 4 is 23.1 Å². The molecule has 0 aromatic heterocycles. The molecular weight excluding hydrogens is 459 g/mol. The minimum absolute atomic E-state index is 0.00551. The van der Waals surface area contributed by atoms with Crippen LogP contribution in [-0.4, -0.2) is 41.9 Å². The standard InChI is InChI=1S/C29H29FN2O4/c1-4-31(5-2)23-15-11-20(12-16-23)26-25(27(33)21-7-6-8-24(17-21)36-3)28(34)29(35)32(26)18-19-9-13-22(30)14-10-19/h6-17,26,33H,4-5,18H2,1-3H3/b27-25-. The summed E-state index contributed by atoms with van der Waals surface area (Å²) in [5.41, 5.74) is 2.76. The van der Waals surface area contributed by atoms with Crippen LogP contribution in [0.15, 0.2) is 78.4 Å². The molecule has 6 nitrogen and oxygen atoms in total. The molecule has 3 aromatic rings. The number of amides is 1. The number of carbonyl (C=O) groups is 2. The fourth-order valence-electron chi connectivity index (χ4n) is 4.56. The molecule has 0 aliphatic carbocycles. The molecule has 1 aliphatic rings. The molecule has 186 valence electrons. The van der Waals surface area contributed by atoms with Crippen LogP contribution >= 0.6 is 0 Å². The maximum Gasteiger partial charge on any atom is 0.295 e. The molecular formula is C29H29FN2O4. The summed E-state index contributed by atoms with van der Waals surface area (Å²) < 4.78 is 18.7. The number of anilines is 1. The molecule has 0 spiro atoms. The zero-order chi connectivity index (χ0) is 25.8. The van der Waals surface area contributed by atoms with Gasteiger partial charge in [-0.1, -0.05) is 36.4 Å². The van der Waals surface area contributed by atoms with Crippen molar-refractivity contribution in [1.82, 2.24) is 4.90 Å². The Morgan fingerprint density at radius 3 is 2.28 bits per heavy atom. The van der Waals surface area contributed by atoms with E-state index in [1.807, 2.05) is 24.3 Å². The zero-order valence-electron chi connectivity index (χ0n) is 20.6. The first-order valence-corrected chi connectivity index (χ1v) is 11.9. The number of hydrogen-bond donors (Lipinski definition) is 1. The average molecular weight is 489 g/mol. The van der Waals surface area contributed by atoms with Gasteiger partial charge in [-0.25, -0.2) is 4.39 Å². The van der Waals surface area contributed by atoms with E-state index in [1.165, 1.54) is 24.1 Å². The molecule has 1 saturated heterocycles. The maximum absolute atomic E-state index is 13.5. The topological polar surface area (TPSA) is 70.1 Å². The summed E-state index contributed by atoms with van der Waals surface area (Å²) in [5, 5.41) is 11.3. The Kier molecular flexibility index (Phi) is 7.38. The summed E-state index contributed by atoms with van der Waals surface area (Å²) in [6, 6.07) is 19.3. The molecule has 1 heterocycles. The van der Waals surface area contributed by atoms with Crippen LogP contribution < -0.4 is 9.64 Å². The van der Waals surface area contributed by atoms with E-state index in [0.717, 1.165) is 18.8 Å². The Morgan fingerprint density at radius 2 is 1.67 bits per heavy atom. The smallest absolute Gasteiger partial charge is 0.295 e. The second-order valence-electron chi connectivity index (χ2n) is 8.55. The van der Waals surface area contributed by atoms with Crippen molar-refractivity contribution in [3.8, 4) is 5.75 Å². The quantitative estimate of drug-likeness (QED) is 0.265. The highest BCUT2D eigenvalue weighted by Gasteiger charge is 2.46. The summed E-state index contributed by atoms with van der Waals surface area (Å²) in [6.45, 7) is 5.91. The van der Waals surface area contributed by atoms with Crippen molar-refractivity contribution < 1.29 is 23.8 Å². The van der Waals surface area contributed by atoms with E-state index in [2.05, 4.69) is 18.7 Å². The predicted molar refractivity (Wildman–Crippen MR) is 137 cm³/mol. The van der Waals surface area contributed by atoms with Gasteiger partial charge in [0.05, 0.1) is 18.7 Å². The van der Waals surface area contributed by atoms with Crippen molar-refractivity contribution in [2.45, 2.75) is 26.4 Å². The van der Waals surface area contributed by atoms with Crippen molar-refractivity contribution in [1.29, 1.82) is 0 Å². The minimum Gasteiger partial charge on any atom is -0.507 e. The number of aliphatic hydroxyl groups excluding tert-OH is 1. The number of aliphatic hydroxyl groups is 1. The molecule has 36 heavy (non-hydrogen) atoms. The van der Waals surface area contributed by atoms with Gasteiger partial charge in [0.25, 0.3) is 11.7 Å². The largest absolute Gasteiger partial charge is 0.507 e. The van der Waals surface area contributed by atoms with E-state index in [9.17, 15) is 19.1 Å². The third-order valence-electron chi connectivity index (χ3n) is 6.49. The second-order valence-corrected chi connectivity index (χ2v) is 8.55. The average Bonchev–Trinajstić information content (AvgIpc) is 3.15. The third-order valence-corrected chi connectivity index (χ3v) is 6.49. The molecule has 1 atom stereocenters. The van der Waals surface area contributed by atoms with Gasteiger partial charge < -0.3 is 19.6 Å². The number of ether oxygens (including phenoxy) is 1. The number of halogens is 1. The van der Waals surface area contributed by atoms with Crippen LogP contribution in [0, 0.1) is 5.82 Å². The van der Waals surface area contributed by atoms with Crippen LogP contribution in [0.1, 0.15) is 36.6 Å². The molecule has 1 unspecified atom stereocenters. The number of Topliss-reactive ketones (excluding diaryl/α,β-unsaturated/α-hetero) is 1. The third kappa shape index (κ3) is 4.82. The molecule has 3 aromatic carbocycles. The zero-order valence-corrected chi connectivity index (χ0v) is 20.6. The van der Waals surface area contributed by atoms with Crippen LogP contribution in [0.4, 0.5) is 10.1 Å². The lowest BCUT2D eigenvalue weighted by Crippen LogP contribution is -2.29. The normalized spacial score (nSPS) is 16.9. The Hall–Kier alpha value is -4.13. The lowest BCUT2D eigenvalue weighted by molar-refractivity contribution is -0.140. The van der Waals surface area contributed by atoms with Crippen molar-refractivity contribution in [2.75, 3.05) is 25.1 Å². The van der Waals surface area contributed by atoms with Gasteiger partial charge >= 0.3 is 0 Å². The van der Waals surface area contributed by atoms with Gasteiger partial charge in [-0.2, -0.15) is 0 Å². The molecule has 0 radical (unpaired) electrons. The monoisotopic (exact) mass is 488 g/mol. The highest BCUT2D eigenvalue weighted by Crippen LogP contribution is 2.41. The molecule has 7 heteroatoms. The fourth-order valence-corrected chi connectivity index (χ4v) is 4.56. The number of carbonyl (C=O) groups excluding carboxylic acids is 2. The van der Waals surface area contributed by atoms with Gasteiger partial charge in [0.1, 0.15) is 17.3 Å². The first kappa shape index (κ1) is 25.0. The Balaban J connectivity index is 1.83. The van der Waals surface area contributed by atoms with Gasteiger partial charge in [-0.05, 0) is 61.4 Å². The molecule has 1 aliphatic heterocycles. The number of ketones is 1. The van der Waals surface area contributed by atoms with Crippen LogP contribution in [0.5, 0.6) is 5.75 Å². The van der Waals surface area contributed by atoms with Crippen molar-refractivity contribution in [3.05, 3.63) is 101 Å². The summed E-state index contributed by atoms with van der Waals surface area (Å²) >= 11 is 0. The SMILES string of the molecule is CCN(CC)c1ccc(C2/C(=C(/O)c3cccc(OC)c3)C(=O)C(=O)N2Cc2ccc(F)cc2)cc1. The lowest BCUT2D eigenvalue weighted by Gasteiger charge is -2.27. The Labute approximate surface area is 210 Å². The van der Waals surface area contributed by atoms with Gasteiger partial charge in [-0.15, -0.1) is 0 Å². The predicted octanol–water partition coefficient (Wildman–Crippen LogP) is 5.30. The molecule has 4 rings (SSSR count). The van der Waals surface area contributed by atoms with Crippen LogP contribution in [0.2, 0.25) is 0 Å². The van der Waals surface area contributed by atoms with E-state index in [-0.39, 0.29) is 23.7 Å². The highest BCUT2D eigenvalue weighted by atomic mass is 19.1. The number of benzene rings is 3. The number of likely N-dealkylation sites (tertiary alicyclic amines) is 1. The first-order chi connectivity index (χ1) is 17.4. The maximum atomic E-state index is 13.5. The van der Waals surface area contributed by atoms with E-state index in [1.54, 1.807) is 36.4 Å². The lowest BCUT2D eigenvalue weighted by atomic mass is 9.94. The summed E-state index contributed by atoms with van der Waals surface area (Å²) in [4.78, 5) is 30.1. The second kappa shape index (κ2) is 10.6. The van der Waals surface area contributed by atoms with E-state index < -0.39 is 17.7 Å². The summed E-state index contributed by atoms with van der Waals surface area (Å²) in [7, 11) is 1.51. The molecule has 0 bridgehead atoms. The first-order valence-electron chi connectivity index (χ1n) is 11.9. The van der Waals surface area contributed by atoms with Crippen LogP contribution in [0.3, 0.4) is 0 Å². The highest BCUT2D eigenvalue weighted by molar-refractivity contribution is 6.46. The molecule has 1 fully saturated rings. The van der Waals surface area contributed by atoms with Crippen LogP contribution in [0.25, 0.3) is 5.76 Å². The van der Waals surface area contributed by atoms with E-state index >= 15 is 0 Å². The fraction of sp³-hybridized carbons (Fsp3) is 0.241. The van der Waals surface area contributed by atoms with Crippen molar-refractivity contribution in [2.24, 2.45) is 0 Å². The number of methoxy groups -OCH3 is 1. The molecule has 1 N–H and O–H groups in total. The van der Waals surface area contributed by atoms with Gasteiger partial charge in [0, 0.05) is 30.9 Å². The molecule has 0 saturated carbocycles. The summed E-state index contributed by atoms with van der Waals surface area (Å²) in [5.74, 6) is -1.63. The van der Waals surface area contributed by atoms with E-state index in [0.29, 0.717) is 22.4 Å². The van der Waals surface area contributed by atoms with Crippen LogP contribution in [-0.2, 0) is 16.1 Å². The van der Waals surface area contributed by atoms with Gasteiger partial charge in [0.15, 0.2) is 0 Å². The Morgan fingerprint density at radius 1 is 1.00 bits per heavy atom. The number of rotatable bonds is 8. The summed E-state index contributed by atoms with van der Waals surface area (Å²) in [6.07, 6.45) is 0. The minimum atomic E-state index is -0.813. The van der Waals surface area contributed by atoms with E-state index in [4.69, 9.17) is 4.74 Å². The van der Waals surface area contributed by atoms with Gasteiger partial charge in [-0.3, -0.25) is 9.59 Å². The Bertz CT molecular complexity index is 1280. The molecule has 1 amide bonds.